The Labute approximate surface area is 102 Å². The van der Waals surface area contributed by atoms with Crippen molar-refractivity contribution < 1.29 is 8.78 Å². The van der Waals surface area contributed by atoms with E-state index in [1.165, 1.54) is 0 Å². The summed E-state index contributed by atoms with van der Waals surface area (Å²) in [7, 11) is 0. The van der Waals surface area contributed by atoms with Crippen LogP contribution in [0.15, 0.2) is 12.1 Å². The van der Waals surface area contributed by atoms with Crippen LogP contribution in [-0.4, -0.2) is 9.97 Å². The first-order valence-electron chi connectivity index (χ1n) is 5.47. The van der Waals surface area contributed by atoms with Gasteiger partial charge in [-0.15, -0.1) is 0 Å². The third-order valence-corrected chi connectivity index (χ3v) is 3.45. The molecule has 1 aromatic carbocycles. The molecule has 1 aliphatic carbocycles. The van der Waals surface area contributed by atoms with Crippen molar-refractivity contribution in [3.63, 3.8) is 0 Å². The van der Waals surface area contributed by atoms with Crippen LogP contribution < -0.4 is 0 Å². The third kappa shape index (κ3) is 1.76. The van der Waals surface area contributed by atoms with Crippen molar-refractivity contribution in [3.8, 4) is 0 Å². The molecule has 0 unspecified atom stereocenters. The predicted octanol–water partition coefficient (Wildman–Crippen LogP) is 3.83. The van der Waals surface area contributed by atoms with E-state index in [9.17, 15) is 8.78 Å². The summed E-state index contributed by atoms with van der Waals surface area (Å²) in [6.45, 7) is 0. The van der Waals surface area contributed by atoms with Gasteiger partial charge in [0.15, 0.2) is 5.82 Å². The molecule has 0 radical (unpaired) electrons. The van der Waals surface area contributed by atoms with Crippen LogP contribution >= 0.6 is 11.6 Å². The van der Waals surface area contributed by atoms with Crippen LogP contribution in [0.3, 0.4) is 0 Å². The standard InChI is InChI=1S/C12H9ClF2N2/c13-11-8-4-7(14)5-9(15)10(8)16-12(17-11)6-2-1-3-6/h4-6H,1-3H2. The summed E-state index contributed by atoms with van der Waals surface area (Å²) < 4.78 is 26.7. The molecule has 1 saturated carbocycles. The number of halogens is 3. The highest BCUT2D eigenvalue weighted by Crippen LogP contribution is 2.36. The number of benzene rings is 1. The molecule has 88 valence electrons. The van der Waals surface area contributed by atoms with Crippen molar-refractivity contribution in [1.29, 1.82) is 0 Å². The molecule has 0 aliphatic heterocycles. The molecule has 0 saturated heterocycles. The van der Waals surface area contributed by atoms with Crippen molar-refractivity contribution in [2.24, 2.45) is 0 Å². The van der Waals surface area contributed by atoms with E-state index in [4.69, 9.17) is 11.6 Å². The molecule has 0 spiro atoms. The molecule has 2 nitrogen and oxygen atoms in total. The minimum absolute atomic E-state index is 0.105. The maximum atomic E-state index is 13.6. The van der Waals surface area contributed by atoms with E-state index in [1.54, 1.807) is 0 Å². The zero-order chi connectivity index (χ0) is 12.0. The second-order valence-corrected chi connectivity index (χ2v) is 4.64. The van der Waals surface area contributed by atoms with Crippen LogP contribution in [-0.2, 0) is 0 Å². The number of hydrogen-bond donors (Lipinski definition) is 0. The van der Waals surface area contributed by atoms with Crippen LogP contribution in [0.25, 0.3) is 10.9 Å². The first kappa shape index (κ1) is 10.8. The van der Waals surface area contributed by atoms with E-state index in [2.05, 4.69) is 9.97 Å². The lowest BCUT2D eigenvalue weighted by Crippen LogP contribution is -2.13. The maximum Gasteiger partial charge on any atom is 0.152 e. The molecule has 5 heteroatoms. The monoisotopic (exact) mass is 254 g/mol. The fraction of sp³-hybridized carbons (Fsp3) is 0.333. The molecule has 1 aromatic heterocycles. The Morgan fingerprint density at radius 2 is 1.94 bits per heavy atom. The molecule has 0 atom stereocenters. The lowest BCUT2D eigenvalue weighted by atomic mass is 9.85. The molecular weight excluding hydrogens is 246 g/mol. The lowest BCUT2D eigenvalue weighted by molar-refractivity contribution is 0.402. The molecule has 1 aliphatic rings. The average Bonchev–Trinajstić information content (AvgIpc) is 2.17. The van der Waals surface area contributed by atoms with E-state index >= 15 is 0 Å². The second-order valence-electron chi connectivity index (χ2n) is 4.28. The Morgan fingerprint density at radius 3 is 2.59 bits per heavy atom. The molecule has 3 rings (SSSR count). The van der Waals surface area contributed by atoms with E-state index in [0.717, 1.165) is 31.4 Å². The van der Waals surface area contributed by atoms with Crippen LogP contribution in [0, 0.1) is 11.6 Å². The predicted molar refractivity (Wildman–Crippen MR) is 61.1 cm³/mol. The summed E-state index contributed by atoms with van der Waals surface area (Å²) in [5, 5.41) is 0.350. The smallest absolute Gasteiger partial charge is 0.152 e. The summed E-state index contributed by atoms with van der Waals surface area (Å²) in [6, 6.07) is 1.97. The van der Waals surface area contributed by atoms with Crippen LogP contribution in [0.5, 0.6) is 0 Å². The second kappa shape index (κ2) is 3.88. The first-order chi connectivity index (χ1) is 8.15. The highest BCUT2D eigenvalue weighted by atomic mass is 35.5. The molecule has 1 fully saturated rings. The van der Waals surface area contributed by atoms with Gasteiger partial charge in [-0.2, -0.15) is 0 Å². The van der Waals surface area contributed by atoms with Crippen molar-refractivity contribution >= 4 is 22.5 Å². The van der Waals surface area contributed by atoms with Crippen molar-refractivity contribution in [1.82, 2.24) is 9.97 Å². The summed E-state index contributed by atoms with van der Waals surface area (Å²) in [5.41, 5.74) is 0.105. The van der Waals surface area contributed by atoms with Gasteiger partial charge < -0.3 is 0 Å². The van der Waals surface area contributed by atoms with E-state index in [1.807, 2.05) is 0 Å². The summed E-state index contributed by atoms with van der Waals surface area (Å²) >= 11 is 5.95. The van der Waals surface area contributed by atoms with E-state index in [0.29, 0.717) is 5.82 Å². The Bertz CT molecular complexity index is 597. The van der Waals surface area contributed by atoms with Gasteiger partial charge in [0.25, 0.3) is 0 Å². The minimum atomic E-state index is -0.690. The largest absolute Gasteiger partial charge is 0.229 e. The fourth-order valence-electron chi connectivity index (χ4n) is 1.99. The third-order valence-electron chi connectivity index (χ3n) is 3.16. The topological polar surface area (TPSA) is 25.8 Å². The van der Waals surface area contributed by atoms with Crippen molar-refractivity contribution in [2.45, 2.75) is 25.2 Å². The molecule has 1 heterocycles. The number of hydrogen-bond acceptors (Lipinski definition) is 2. The quantitative estimate of drug-likeness (QED) is 0.723. The molecule has 17 heavy (non-hydrogen) atoms. The van der Waals surface area contributed by atoms with E-state index < -0.39 is 11.6 Å². The van der Waals surface area contributed by atoms with Gasteiger partial charge in [0.1, 0.15) is 22.3 Å². The summed E-state index contributed by atoms with van der Waals surface area (Å²) in [4.78, 5) is 8.29. The highest BCUT2D eigenvalue weighted by molar-refractivity contribution is 6.34. The van der Waals surface area contributed by atoms with Gasteiger partial charge in [0.2, 0.25) is 0 Å². The zero-order valence-corrected chi connectivity index (χ0v) is 9.64. The van der Waals surface area contributed by atoms with Crippen LogP contribution in [0.4, 0.5) is 8.78 Å². The van der Waals surface area contributed by atoms with Crippen LogP contribution in [0.1, 0.15) is 31.0 Å². The Kier molecular flexibility index (Phi) is 2.47. The average molecular weight is 255 g/mol. The number of rotatable bonds is 1. The fourth-order valence-corrected chi connectivity index (χ4v) is 2.22. The molecule has 2 aromatic rings. The molecule has 0 N–H and O–H groups in total. The lowest BCUT2D eigenvalue weighted by Gasteiger charge is -2.24. The van der Waals surface area contributed by atoms with Gasteiger partial charge in [-0.3, -0.25) is 0 Å². The van der Waals surface area contributed by atoms with Crippen LogP contribution in [0.2, 0.25) is 5.15 Å². The van der Waals surface area contributed by atoms with Gasteiger partial charge >= 0.3 is 0 Å². The van der Waals surface area contributed by atoms with Crippen molar-refractivity contribution in [2.75, 3.05) is 0 Å². The first-order valence-corrected chi connectivity index (χ1v) is 5.85. The normalized spacial score (nSPS) is 16.2. The summed E-state index contributed by atoms with van der Waals surface area (Å²) in [5.74, 6) is -0.526. The zero-order valence-electron chi connectivity index (χ0n) is 8.88. The highest BCUT2D eigenvalue weighted by Gasteiger charge is 2.24. The van der Waals surface area contributed by atoms with Gasteiger partial charge in [0.05, 0.1) is 0 Å². The van der Waals surface area contributed by atoms with Crippen molar-refractivity contribution in [3.05, 3.63) is 34.7 Å². The maximum absolute atomic E-state index is 13.6. The SMILES string of the molecule is Fc1cc(F)c2nc(C3CCC3)nc(Cl)c2c1. The number of fused-ring (bicyclic) bond motifs is 1. The molecule has 0 amide bonds. The van der Waals surface area contributed by atoms with Gasteiger partial charge in [0, 0.05) is 17.4 Å². The Hall–Kier alpha value is -1.29. The van der Waals surface area contributed by atoms with Gasteiger partial charge in [-0.1, -0.05) is 18.0 Å². The minimum Gasteiger partial charge on any atom is -0.229 e. The van der Waals surface area contributed by atoms with E-state index in [-0.39, 0.29) is 22.0 Å². The Balaban J connectivity index is 2.24. The molecular formula is C12H9ClF2N2. The molecule has 0 bridgehead atoms. The summed E-state index contributed by atoms with van der Waals surface area (Å²) in [6.07, 6.45) is 3.14. The van der Waals surface area contributed by atoms with Gasteiger partial charge in [-0.25, -0.2) is 18.7 Å². The number of aromatic nitrogens is 2. The Morgan fingerprint density at radius 1 is 1.18 bits per heavy atom. The van der Waals surface area contributed by atoms with Gasteiger partial charge in [-0.05, 0) is 18.9 Å². The number of nitrogens with zero attached hydrogens (tertiary/aromatic N) is 2.